The van der Waals surface area contributed by atoms with Crippen molar-refractivity contribution in [3.05, 3.63) is 47.9 Å². The zero-order chi connectivity index (χ0) is 19.1. The van der Waals surface area contributed by atoms with Gasteiger partial charge in [0.2, 0.25) is 5.91 Å². The zero-order valence-corrected chi connectivity index (χ0v) is 15.4. The first kappa shape index (κ1) is 19.0. The summed E-state index contributed by atoms with van der Waals surface area (Å²) in [6, 6.07) is 3.57. The summed E-state index contributed by atoms with van der Waals surface area (Å²) in [5, 5.41) is 2.79. The third-order valence-electron chi connectivity index (χ3n) is 4.38. The van der Waals surface area contributed by atoms with E-state index in [1.54, 1.807) is 29.5 Å². The minimum atomic E-state index is -0.239. The number of carbonyl (C=O) groups excluding carboxylic acids is 2. The number of hydrogen-bond acceptors (Lipinski definition) is 6. The van der Waals surface area contributed by atoms with Crippen LogP contribution in [0.5, 0.6) is 0 Å². The molecule has 0 aromatic carbocycles. The summed E-state index contributed by atoms with van der Waals surface area (Å²) >= 11 is 0. The number of hydrogen-bond donors (Lipinski definition) is 1. The fraction of sp³-hybridized carbons (Fsp3) is 0.474. The van der Waals surface area contributed by atoms with Gasteiger partial charge in [0, 0.05) is 32.3 Å². The second kappa shape index (κ2) is 9.27. The molecule has 0 bridgehead atoms. The van der Waals surface area contributed by atoms with Gasteiger partial charge in [-0.15, -0.1) is 0 Å². The van der Waals surface area contributed by atoms with Crippen LogP contribution < -0.4 is 5.32 Å². The Morgan fingerprint density at radius 3 is 2.89 bits per heavy atom. The number of aryl methyl sites for hydroxylation is 1. The Morgan fingerprint density at radius 2 is 2.22 bits per heavy atom. The standard InChI is InChI=1S/C19H24N4O4/c1-14-10-21-17(12-20-14)19(25)23(13-16-5-3-9-27-16)7-6-18(24)22-11-15-4-2-8-26-15/h2,4,8,10,12,16H,3,5-7,9,11,13H2,1H3,(H,22,24)/t16-/m1/s1. The Morgan fingerprint density at radius 1 is 1.33 bits per heavy atom. The van der Waals surface area contributed by atoms with E-state index in [1.807, 2.05) is 6.92 Å². The first-order valence-corrected chi connectivity index (χ1v) is 9.10. The van der Waals surface area contributed by atoms with Crippen molar-refractivity contribution >= 4 is 11.8 Å². The van der Waals surface area contributed by atoms with Gasteiger partial charge in [0.25, 0.3) is 5.91 Å². The van der Waals surface area contributed by atoms with Crippen molar-refractivity contribution < 1.29 is 18.7 Å². The molecule has 0 aliphatic carbocycles. The molecule has 1 atom stereocenters. The number of rotatable bonds is 8. The van der Waals surface area contributed by atoms with E-state index in [0.717, 1.165) is 18.5 Å². The third kappa shape index (κ3) is 5.62. The molecule has 2 aromatic heterocycles. The Kier molecular flexibility index (Phi) is 6.54. The van der Waals surface area contributed by atoms with Crippen LogP contribution in [-0.4, -0.2) is 52.5 Å². The van der Waals surface area contributed by atoms with E-state index in [4.69, 9.17) is 9.15 Å². The van der Waals surface area contributed by atoms with Gasteiger partial charge in [-0.1, -0.05) is 0 Å². The molecule has 2 aromatic rings. The molecule has 1 fully saturated rings. The molecular weight excluding hydrogens is 348 g/mol. The molecule has 144 valence electrons. The van der Waals surface area contributed by atoms with Gasteiger partial charge in [-0.3, -0.25) is 14.6 Å². The Bertz CT molecular complexity index is 740. The van der Waals surface area contributed by atoms with Crippen LogP contribution in [0.2, 0.25) is 0 Å². The SMILES string of the molecule is Cc1cnc(C(=O)N(CCC(=O)NCc2ccco2)C[C@H]2CCCO2)cn1. The van der Waals surface area contributed by atoms with Crippen molar-refractivity contribution in [1.82, 2.24) is 20.2 Å². The van der Waals surface area contributed by atoms with Crippen LogP contribution in [0.25, 0.3) is 0 Å². The van der Waals surface area contributed by atoms with Gasteiger partial charge in [0.1, 0.15) is 11.5 Å². The maximum atomic E-state index is 12.8. The van der Waals surface area contributed by atoms with Crippen LogP contribution in [-0.2, 0) is 16.1 Å². The number of amides is 2. The summed E-state index contributed by atoms with van der Waals surface area (Å²) in [6.07, 6.45) is 6.68. The van der Waals surface area contributed by atoms with Gasteiger partial charge < -0.3 is 19.4 Å². The highest BCUT2D eigenvalue weighted by molar-refractivity contribution is 5.92. The Balaban J connectivity index is 1.57. The third-order valence-corrected chi connectivity index (χ3v) is 4.38. The zero-order valence-electron chi connectivity index (χ0n) is 15.4. The van der Waals surface area contributed by atoms with Gasteiger partial charge in [0.15, 0.2) is 0 Å². The van der Waals surface area contributed by atoms with E-state index < -0.39 is 0 Å². The molecule has 1 aliphatic rings. The van der Waals surface area contributed by atoms with Crippen molar-refractivity contribution in [3.63, 3.8) is 0 Å². The van der Waals surface area contributed by atoms with Crippen LogP contribution in [0.3, 0.4) is 0 Å². The van der Waals surface area contributed by atoms with Crippen molar-refractivity contribution in [2.24, 2.45) is 0 Å². The minimum absolute atomic E-state index is 0.00135. The van der Waals surface area contributed by atoms with Crippen LogP contribution in [0.15, 0.2) is 35.2 Å². The van der Waals surface area contributed by atoms with E-state index in [1.165, 1.54) is 6.20 Å². The maximum Gasteiger partial charge on any atom is 0.274 e. The van der Waals surface area contributed by atoms with E-state index in [2.05, 4.69) is 15.3 Å². The summed E-state index contributed by atoms with van der Waals surface area (Å²) < 4.78 is 10.8. The summed E-state index contributed by atoms with van der Waals surface area (Å²) in [6.45, 7) is 3.59. The van der Waals surface area contributed by atoms with Gasteiger partial charge in [0.05, 0.1) is 30.8 Å². The summed E-state index contributed by atoms with van der Waals surface area (Å²) in [5.74, 6) is 0.300. The first-order valence-electron chi connectivity index (χ1n) is 9.10. The van der Waals surface area contributed by atoms with Crippen molar-refractivity contribution in [2.75, 3.05) is 19.7 Å². The minimum Gasteiger partial charge on any atom is -0.467 e. The Labute approximate surface area is 157 Å². The molecule has 2 amide bonds. The molecule has 3 heterocycles. The van der Waals surface area contributed by atoms with Gasteiger partial charge in [-0.05, 0) is 31.9 Å². The monoisotopic (exact) mass is 372 g/mol. The van der Waals surface area contributed by atoms with Crippen LogP contribution in [0.4, 0.5) is 0 Å². The molecular formula is C19H24N4O4. The average molecular weight is 372 g/mol. The smallest absolute Gasteiger partial charge is 0.274 e. The number of ether oxygens (including phenoxy) is 1. The lowest BCUT2D eigenvalue weighted by atomic mass is 10.2. The lowest BCUT2D eigenvalue weighted by Gasteiger charge is -2.25. The quantitative estimate of drug-likeness (QED) is 0.757. The summed E-state index contributed by atoms with van der Waals surface area (Å²) in [5.41, 5.74) is 1.02. The van der Waals surface area contributed by atoms with Gasteiger partial charge in [-0.25, -0.2) is 4.98 Å². The molecule has 0 radical (unpaired) electrons. The summed E-state index contributed by atoms with van der Waals surface area (Å²) in [7, 11) is 0. The summed E-state index contributed by atoms with van der Waals surface area (Å²) in [4.78, 5) is 34.9. The van der Waals surface area contributed by atoms with E-state index in [-0.39, 0.29) is 36.6 Å². The molecule has 27 heavy (non-hydrogen) atoms. The van der Waals surface area contributed by atoms with E-state index in [9.17, 15) is 9.59 Å². The fourth-order valence-electron chi connectivity index (χ4n) is 2.90. The number of furan rings is 1. The predicted octanol–water partition coefficient (Wildman–Crippen LogP) is 1.71. The fourth-order valence-corrected chi connectivity index (χ4v) is 2.90. The first-order chi connectivity index (χ1) is 13.1. The topological polar surface area (TPSA) is 97.6 Å². The predicted molar refractivity (Wildman–Crippen MR) is 96.8 cm³/mol. The second-order valence-electron chi connectivity index (χ2n) is 6.54. The highest BCUT2D eigenvalue weighted by atomic mass is 16.5. The second-order valence-corrected chi connectivity index (χ2v) is 6.54. The molecule has 8 heteroatoms. The van der Waals surface area contributed by atoms with Crippen molar-refractivity contribution in [3.8, 4) is 0 Å². The van der Waals surface area contributed by atoms with Crippen molar-refractivity contribution in [2.45, 2.75) is 38.8 Å². The molecule has 1 N–H and O–H groups in total. The van der Waals surface area contributed by atoms with E-state index >= 15 is 0 Å². The van der Waals surface area contributed by atoms with Gasteiger partial charge >= 0.3 is 0 Å². The largest absolute Gasteiger partial charge is 0.467 e. The molecule has 0 saturated carbocycles. The normalized spacial score (nSPS) is 16.3. The van der Waals surface area contributed by atoms with Crippen molar-refractivity contribution in [1.29, 1.82) is 0 Å². The highest BCUT2D eigenvalue weighted by Crippen LogP contribution is 2.15. The Hall–Kier alpha value is -2.74. The lowest BCUT2D eigenvalue weighted by molar-refractivity contribution is -0.121. The highest BCUT2D eigenvalue weighted by Gasteiger charge is 2.24. The number of aromatic nitrogens is 2. The maximum absolute atomic E-state index is 12.8. The number of carbonyl (C=O) groups is 2. The number of nitrogens with zero attached hydrogens (tertiary/aromatic N) is 3. The average Bonchev–Trinajstić information content (AvgIpc) is 3.37. The molecule has 0 spiro atoms. The van der Waals surface area contributed by atoms with Gasteiger partial charge in [-0.2, -0.15) is 0 Å². The number of nitrogens with one attached hydrogen (secondary N) is 1. The van der Waals surface area contributed by atoms with Crippen LogP contribution in [0.1, 0.15) is 41.2 Å². The van der Waals surface area contributed by atoms with Crippen LogP contribution >= 0.6 is 0 Å². The lowest BCUT2D eigenvalue weighted by Crippen LogP contribution is -2.40. The molecule has 0 unspecified atom stereocenters. The molecule has 1 aliphatic heterocycles. The van der Waals surface area contributed by atoms with Crippen LogP contribution in [0, 0.1) is 6.92 Å². The molecule has 8 nitrogen and oxygen atoms in total. The molecule has 1 saturated heterocycles. The van der Waals surface area contributed by atoms with E-state index in [0.29, 0.717) is 25.5 Å². The molecule has 3 rings (SSSR count).